The summed E-state index contributed by atoms with van der Waals surface area (Å²) in [6.07, 6.45) is 1.41. The van der Waals surface area contributed by atoms with Crippen molar-refractivity contribution in [2.24, 2.45) is 0 Å². The van der Waals surface area contributed by atoms with Crippen LogP contribution in [-0.2, 0) is 6.61 Å². The highest BCUT2D eigenvalue weighted by molar-refractivity contribution is 5.94. The van der Waals surface area contributed by atoms with Gasteiger partial charge in [0.1, 0.15) is 0 Å². The Morgan fingerprint density at radius 3 is 2.70 bits per heavy atom. The van der Waals surface area contributed by atoms with Crippen LogP contribution >= 0.6 is 0 Å². The zero-order valence-corrected chi connectivity index (χ0v) is 10.2. The van der Waals surface area contributed by atoms with Crippen molar-refractivity contribution in [1.29, 1.82) is 0 Å². The number of carboxylic acids is 1. The van der Waals surface area contributed by atoms with E-state index in [1.807, 2.05) is 0 Å². The Morgan fingerprint density at radius 1 is 1.35 bits per heavy atom. The van der Waals surface area contributed by atoms with Crippen molar-refractivity contribution in [2.45, 2.75) is 6.61 Å². The summed E-state index contributed by atoms with van der Waals surface area (Å²) in [7, 11) is 0. The molecule has 0 unspecified atom stereocenters. The number of benzene rings is 1. The Labute approximate surface area is 113 Å². The number of rotatable bonds is 4. The van der Waals surface area contributed by atoms with E-state index in [4.69, 9.17) is 10.2 Å². The average Bonchev–Trinajstić information content (AvgIpc) is 2.46. The zero-order chi connectivity index (χ0) is 14.7. The van der Waals surface area contributed by atoms with Gasteiger partial charge in [-0.3, -0.25) is 15.1 Å². The van der Waals surface area contributed by atoms with Crippen LogP contribution < -0.4 is 0 Å². The molecule has 0 spiro atoms. The molecular formula is C13H10N2O5. The number of aromatic nitrogens is 1. The Hall–Kier alpha value is -2.80. The first-order valence-electron chi connectivity index (χ1n) is 5.61. The van der Waals surface area contributed by atoms with Crippen LogP contribution in [0, 0.1) is 10.1 Å². The standard InChI is InChI=1S/C13H10N2O5/c16-7-9-4-3-8(6-11(9)15(19)20)12-10(13(17)18)2-1-5-14-12/h1-6,16H,7H2,(H,17,18). The van der Waals surface area contributed by atoms with Gasteiger partial charge in [-0.05, 0) is 18.2 Å². The molecule has 102 valence electrons. The third-order valence-electron chi connectivity index (χ3n) is 2.76. The molecule has 0 aliphatic heterocycles. The minimum atomic E-state index is -1.16. The first-order chi connectivity index (χ1) is 9.54. The van der Waals surface area contributed by atoms with Crippen LogP contribution in [-0.4, -0.2) is 26.1 Å². The molecule has 0 bridgehead atoms. The molecule has 1 heterocycles. The molecule has 20 heavy (non-hydrogen) atoms. The summed E-state index contributed by atoms with van der Waals surface area (Å²) in [5, 5.41) is 29.1. The molecule has 7 heteroatoms. The highest BCUT2D eigenvalue weighted by Crippen LogP contribution is 2.28. The van der Waals surface area contributed by atoms with E-state index in [0.29, 0.717) is 5.56 Å². The summed E-state index contributed by atoms with van der Waals surface area (Å²) >= 11 is 0. The topological polar surface area (TPSA) is 114 Å². The maximum atomic E-state index is 11.1. The number of nitrogens with zero attached hydrogens (tertiary/aromatic N) is 2. The van der Waals surface area contributed by atoms with Crippen LogP contribution in [0.1, 0.15) is 15.9 Å². The third-order valence-corrected chi connectivity index (χ3v) is 2.76. The summed E-state index contributed by atoms with van der Waals surface area (Å²) in [4.78, 5) is 25.4. The van der Waals surface area contributed by atoms with Crippen LogP contribution in [0.4, 0.5) is 5.69 Å². The van der Waals surface area contributed by atoms with Gasteiger partial charge in [0.15, 0.2) is 0 Å². The molecule has 2 aromatic rings. The Morgan fingerprint density at radius 2 is 2.10 bits per heavy atom. The lowest BCUT2D eigenvalue weighted by Crippen LogP contribution is -2.02. The Balaban J connectivity index is 2.62. The normalized spacial score (nSPS) is 10.2. The Bertz CT molecular complexity index is 684. The number of aliphatic hydroxyl groups is 1. The zero-order valence-electron chi connectivity index (χ0n) is 10.2. The lowest BCUT2D eigenvalue weighted by atomic mass is 10.0. The molecule has 0 saturated heterocycles. The van der Waals surface area contributed by atoms with Gasteiger partial charge in [0.2, 0.25) is 0 Å². The fourth-order valence-electron chi connectivity index (χ4n) is 1.82. The van der Waals surface area contributed by atoms with Gasteiger partial charge >= 0.3 is 5.97 Å². The summed E-state index contributed by atoms with van der Waals surface area (Å²) in [6, 6.07) is 6.93. The highest BCUT2D eigenvalue weighted by Gasteiger charge is 2.18. The minimum absolute atomic E-state index is 0.0430. The number of nitro groups is 1. The molecule has 2 N–H and O–H groups in total. The second kappa shape index (κ2) is 5.45. The van der Waals surface area contributed by atoms with Gasteiger partial charge in [0, 0.05) is 17.8 Å². The molecule has 0 atom stereocenters. The fourth-order valence-corrected chi connectivity index (χ4v) is 1.82. The summed E-state index contributed by atoms with van der Waals surface area (Å²) in [6.45, 7) is -0.468. The SMILES string of the molecule is O=C(O)c1cccnc1-c1ccc(CO)c([N+](=O)[O-])c1. The van der Waals surface area contributed by atoms with E-state index in [1.165, 1.54) is 36.5 Å². The van der Waals surface area contributed by atoms with Crippen molar-refractivity contribution in [3.8, 4) is 11.3 Å². The maximum Gasteiger partial charge on any atom is 0.337 e. The van der Waals surface area contributed by atoms with E-state index < -0.39 is 17.5 Å². The number of hydrogen-bond donors (Lipinski definition) is 2. The van der Waals surface area contributed by atoms with Gasteiger partial charge in [-0.25, -0.2) is 4.79 Å². The molecule has 1 aromatic carbocycles. The maximum absolute atomic E-state index is 11.1. The summed E-state index contributed by atoms with van der Waals surface area (Å²) in [5.41, 5.74) is 0.302. The lowest BCUT2D eigenvalue weighted by Gasteiger charge is -2.06. The fraction of sp³-hybridized carbons (Fsp3) is 0.0769. The van der Waals surface area contributed by atoms with E-state index in [9.17, 15) is 14.9 Å². The number of aliphatic hydroxyl groups excluding tert-OH is 1. The highest BCUT2D eigenvalue weighted by atomic mass is 16.6. The van der Waals surface area contributed by atoms with Crippen molar-refractivity contribution in [1.82, 2.24) is 4.98 Å². The summed E-state index contributed by atoms with van der Waals surface area (Å²) in [5.74, 6) is -1.16. The van der Waals surface area contributed by atoms with E-state index in [0.717, 1.165) is 0 Å². The van der Waals surface area contributed by atoms with E-state index in [1.54, 1.807) is 0 Å². The van der Waals surface area contributed by atoms with Crippen LogP contribution in [0.5, 0.6) is 0 Å². The van der Waals surface area contributed by atoms with Crippen molar-refractivity contribution < 1.29 is 19.9 Å². The molecule has 0 amide bonds. The molecular weight excluding hydrogens is 264 g/mol. The molecule has 0 radical (unpaired) electrons. The number of aromatic carboxylic acids is 1. The lowest BCUT2D eigenvalue weighted by molar-refractivity contribution is -0.385. The molecule has 7 nitrogen and oxygen atoms in total. The monoisotopic (exact) mass is 274 g/mol. The molecule has 2 rings (SSSR count). The van der Waals surface area contributed by atoms with Crippen LogP contribution in [0.2, 0.25) is 0 Å². The van der Waals surface area contributed by atoms with Crippen LogP contribution in [0.25, 0.3) is 11.3 Å². The van der Waals surface area contributed by atoms with Gasteiger partial charge < -0.3 is 10.2 Å². The van der Waals surface area contributed by atoms with Gasteiger partial charge in [-0.1, -0.05) is 6.07 Å². The van der Waals surface area contributed by atoms with Gasteiger partial charge in [0.05, 0.1) is 28.4 Å². The van der Waals surface area contributed by atoms with E-state index in [2.05, 4.69) is 4.98 Å². The third kappa shape index (κ3) is 2.47. The first-order valence-corrected chi connectivity index (χ1v) is 5.61. The summed E-state index contributed by atoms with van der Waals surface area (Å²) < 4.78 is 0. The van der Waals surface area contributed by atoms with Crippen molar-refractivity contribution >= 4 is 11.7 Å². The Kier molecular flexibility index (Phi) is 3.72. The molecule has 0 aliphatic rings. The number of carboxylic acid groups (broad SMARTS) is 1. The number of pyridine rings is 1. The number of nitro benzene ring substituents is 1. The number of hydrogen-bond acceptors (Lipinski definition) is 5. The van der Waals surface area contributed by atoms with Crippen molar-refractivity contribution in [3.05, 3.63) is 57.8 Å². The first kappa shape index (κ1) is 13.6. The number of carbonyl (C=O) groups is 1. The molecule has 1 aromatic heterocycles. The van der Waals surface area contributed by atoms with Crippen LogP contribution in [0.15, 0.2) is 36.5 Å². The van der Waals surface area contributed by atoms with Crippen molar-refractivity contribution in [2.75, 3.05) is 0 Å². The molecule has 0 fully saturated rings. The van der Waals surface area contributed by atoms with Gasteiger partial charge in [-0.15, -0.1) is 0 Å². The second-order valence-electron chi connectivity index (χ2n) is 3.96. The minimum Gasteiger partial charge on any atom is -0.478 e. The van der Waals surface area contributed by atoms with Crippen LogP contribution in [0.3, 0.4) is 0 Å². The molecule has 0 saturated carbocycles. The predicted molar refractivity (Wildman–Crippen MR) is 69.2 cm³/mol. The van der Waals surface area contributed by atoms with Gasteiger partial charge in [-0.2, -0.15) is 0 Å². The van der Waals surface area contributed by atoms with Crippen molar-refractivity contribution in [3.63, 3.8) is 0 Å². The smallest absolute Gasteiger partial charge is 0.337 e. The average molecular weight is 274 g/mol. The van der Waals surface area contributed by atoms with E-state index in [-0.39, 0.29) is 22.5 Å². The largest absolute Gasteiger partial charge is 0.478 e. The molecule has 0 aliphatic carbocycles. The second-order valence-corrected chi connectivity index (χ2v) is 3.96. The van der Waals surface area contributed by atoms with Gasteiger partial charge in [0.25, 0.3) is 5.69 Å². The predicted octanol–water partition coefficient (Wildman–Crippen LogP) is 1.85. The van der Waals surface area contributed by atoms with E-state index >= 15 is 0 Å². The quantitative estimate of drug-likeness (QED) is 0.649.